The summed E-state index contributed by atoms with van der Waals surface area (Å²) in [6.45, 7) is 5.29. The second kappa shape index (κ2) is 8.64. The molecule has 0 aliphatic heterocycles. The molecule has 0 atom stereocenters. The Morgan fingerprint density at radius 2 is 1.68 bits per heavy atom. The van der Waals surface area contributed by atoms with Gasteiger partial charge in [-0.1, -0.05) is 0 Å². The van der Waals surface area contributed by atoms with Crippen molar-refractivity contribution in [2.45, 2.75) is 32.9 Å². The van der Waals surface area contributed by atoms with Crippen molar-refractivity contribution in [1.29, 1.82) is 0 Å². The molecule has 2 aromatic rings. The first-order valence-corrected chi connectivity index (χ1v) is 8.49. The van der Waals surface area contributed by atoms with Gasteiger partial charge in [0.05, 0.1) is 39.1 Å². The van der Waals surface area contributed by atoms with Crippen LogP contribution in [0.3, 0.4) is 0 Å². The van der Waals surface area contributed by atoms with E-state index in [0.29, 0.717) is 11.3 Å². The van der Waals surface area contributed by atoms with Crippen molar-refractivity contribution in [3.63, 3.8) is 0 Å². The molecule has 0 bridgehead atoms. The van der Waals surface area contributed by atoms with E-state index in [0.717, 1.165) is 0 Å². The lowest BCUT2D eigenvalue weighted by molar-refractivity contribution is 0.0577. The highest BCUT2D eigenvalue weighted by molar-refractivity contribution is 5.88. The number of anilines is 1. The zero-order chi connectivity index (χ0) is 20.9. The van der Waals surface area contributed by atoms with E-state index < -0.39 is 11.7 Å². The number of amides is 1. The van der Waals surface area contributed by atoms with Crippen LogP contribution in [0.5, 0.6) is 23.3 Å². The fraction of sp³-hybridized carbons (Fsp3) is 0.421. The van der Waals surface area contributed by atoms with Gasteiger partial charge in [0.2, 0.25) is 11.8 Å². The summed E-state index contributed by atoms with van der Waals surface area (Å²) < 4.78 is 21.2. The van der Waals surface area contributed by atoms with Crippen LogP contribution in [0.1, 0.15) is 26.3 Å². The van der Waals surface area contributed by atoms with Crippen LogP contribution in [-0.4, -0.2) is 48.1 Å². The van der Waals surface area contributed by atoms with Crippen molar-refractivity contribution >= 4 is 11.8 Å². The molecule has 0 spiro atoms. The first kappa shape index (κ1) is 21.1. The Hall–Kier alpha value is -3.23. The Morgan fingerprint density at radius 1 is 1.07 bits per heavy atom. The average Bonchev–Trinajstić information content (AvgIpc) is 2.64. The number of aromatic hydroxyl groups is 1. The van der Waals surface area contributed by atoms with Crippen LogP contribution >= 0.6 is 0 Å². The predicted molar refractivity (Wildman–Crippen MR) is 102 cm³/mol. The maximum Gasteiger partial charge on any atom is 0.415 e. The van der Waals surface area contributed by atoms with E-state index in [-0.39, 0.29) is 29.8 Å². The average molecular weight is 391 g/mol. The molecule has 1 aromatic carbocycles. The molecule has 0 unspecified atom stereocenters. The number of rotatable bonds is 6. The molecule has 152 valence electrons. The van der Waals surface area contributed by atoms with E-state index in [2.05, 4.69) is 9.97 Å². The van der Waals surface area contributed by atoms with Gasteiger partial charge in [-0.2, -0.15) is 0 Å². The van der Waals surface area contributed by atoms with Gasteiger partial charge in [0.1, 0.15) is 11.9 Å². The van der Waals surface area contributed by atoms with Crippen molar-refractivity contribution in [2.75, 3.05) is 26.2 Å². The third kappa shape index (κ3) is 4.93. The highest BCUT2D eigenvalue weighted by Crippen LogP contribution is 2.34. The minimum Gasteiger partial charge on any atom is -0.504 e. The Balaban J connectivity index is 2.51. The lowest BCUT2D eigenvalue weighted by atomic mass is 10.2. The van der Waals surface area contributed by atoms with Crippen molar-refractivity contribution in [1.82, 2.24) is 9.97 Å². The van der Waals surface area contributed by atoms with Crippen LogP contribution in [0.25, 0.3) is 0 Å². The lowest BCUT2D eigenvalue weighted by Gasteiger charge is -2.28. The summed E-state index contributed by atoms with van der Waals surface area (Å²) >= 11 is 0. The number of phenols is 1. The summed E-state index contributed by atoms with van der Waals surface area (Å²) in [6, 6.07) is 4.59. The van der Waals surface area contributed by atoms with E-state index in [1.807, 2.05) is 0 Å². The van der Waals surface area contributed by atoms with E-state index in [1.165, 1.54) is 38.6 Å². The molecule has 0 saturated heterocycles. The zero-order valence-electron chi connectivity index (χ0n) is 16.8. The van der Waals surface area contributed by atoms with Crippen LogP contribution in [0.15, 0.2) is 24.5 Å². The third-order valence-corrected chi connectivity index (χ3v) is 3.66. The summed E-state index contributed by atoms with van der Waals surface area (Å²) in [4.78, 5) is 22.4. The lowest BCUT2D eigenvalue weighted by Crippen LogP contribution is -2.36. The second-order valence-corrected chi connectivity index (χ2v) is 6.79. The van der Waals surface area contributed by atoms with Gasteiger partial charge >= 0.3 is 6.09 Å². The SMILES string of the molecule is COc1ccc(N(Cc2c(OC)ncnc2OC)C(=O)OC(C)(C)C)cc1O. The first-order valence-electron chi connectivity index (χ1n) is 8.49. The summed E-state index contributed by atoms with van der Waals surface area (Å²) in [7, 11) is 4.36. The van der Waals surface area contributed by atoms with Gasteiger partial charge in [0.25, 0.3) is 0 Å². The Morgan fingerprint density at radius 3 is 2.14 bits per heavy atom. The highest BCUT2D eigenvalue weighted by Gasteiger charge is 2.27. The number of aromatic nitrogens is 2. The first-order chi connectivity index (χ1) is 13.2. The molecule has 28 heavy (non-hydrogen) atoms. The molecule has 2 rings (SSSR count). The monoisotopic (exact) mass is 391 g/mol. The number of hydrogen-bond acceptors (Lipinski definition) is 8. The van der Waals surface area contributed by atoms with Crippen molar-refractivity contribution in [3.8, 4) is 23.3 Å². The van der Waals surface area contributed by atoms with Crippen LogP contribution in [0.4, 0.5) is 10.5 Å². The zero-order valence-corrected chi connectivity index (χ0v) is 16.8. The van der Waals surface area contributed by atoms with E-state index >= 15 is 0 Å². The number of phenolic OH excluding ortho intramolecular Hbond substituents is 1. The number of hydrogen-bond donors (Lipinski definition) is 1. The normalized spacial score (nSPS) is 10.9. The second-order valence-electron chi connectivity index (χ2n) is 6.79. The molecular weight excluding hydrogens is 366 g/mol. The molecule has 0 saturated carbocycles. The van der Waals surface area contributed by atoms with Crippen LogP contribution in [0, 0.1) is 0 Å². The van der Waals surface area contributed by atoms with E-state index in [9.17, 15) is 9.90 Å². The summed E-state index contributed by atoms with van der Waals surface area (Å²) in [5.74, 6) is 0.694. The van der Waals surface area contributed by atoms with Gasteiger partial charge in [-0.25, -0.2) is 14.8 Å². The van der Waals surface area contributed by atoms with Crippen molar-refractivity contribution in [3.05, 3.63) is 30.1 Å². The minimum absolute atomic E-state index is 0.00608. The number of benzene rings is 1. The number of carbonyl (C=O) groups excluding carboxylic acids is 1. The van der Waals surface area contributed by atoms with Crippen LogP contribution in [-0.2, 0) is 11.3 Å². The minimum atomic E-state index is -0.717. The van der Waals surface area contributed by atoms with Gasteiger partial charge in [-0.15, -0.1) is 0 Å². The summed E-state index contributed by atoms with van der Waals surface area (Å²) in [6.07, 6.45) is 0.683. The molecule has 0 aliphatic rings. The molecule has 1 aromatic heterocycles. The predicted octanol–water partition coefficient (Wildman–Crippen LogP) is 3.15. The Labute approximate surface area is 163 Å². The maximum atomic E-state index is 12.9. The molecule has 0 fully saturated rings. The Kier molecular flexibility index (Phi) is 6.50. The molecule has 0 radical (unpaired) electrons. The third-order valence-electron chi connectivity index (χ3n) is 3.66. The molecule has 1 heterocycles. The van der Waals surface area contributed by atoms with Gasteiger partial charge in [0, 0.05) is 6.07 Å². The fourth-order valence-electron chi connectivity index (χ4n) is 2.45. The number of ether oxygens (including phenoxy) is 4. The molecule has 1 N–H and O–H groups in total. The summed E-state index contributed by atoms with van der Waals surface area (Å²) in [5, 5.41) is 10.1. The van der Waals surface area contributed by atoms with Crippen LogP contribution in [0.2, 0.25) is 0 Å². The Bertz CT molecular complexity index is 813. The number of carbonyl (C=O) groups is 1. The molecule has 9 nitrogen and oxygen atoms in total. The summed E-state index contributed by atoms with van der Waals surface area (Å²) in [5.41, 5.74) is 0.125. The quantitative estimate of drug-likeness (QED) is 0.801. The van der Waals surface area contributed by atoms with Crippen LogP contribution < -0.4 is 19.1 Å². The van der Waals surface area contributed by atoms with Crippen molar-refractivity contribution < 1.29 is 28.8 Å². The van der Waals surface area contributed by atoms with E-state index in [1.54, 1.807) is 32.9 Å². The molecular formula is C19H25N3O6. The largest absolute Gasteiger partial charge is 0.504 e. The van der Waals surface area contributed by atoms with Gasteiger partial charge in [0.15, 0.2) is 11.5 Å². The number of nitrogens with zero attached hydrogens (tertiary/aromatic N) is 3. The fourth-order valence-corrected chi connectivity index (χ4v) is 2.45. The maximum absolute atomic E-state index is 12.9. The molecule has 1 amide bonds. The van der Waals surface area contributed by atoms with Gasteiger partial charge in [-0.3, -0.25) is 4.90 Å². The molecule has 0 aliphatic carbocycles. The van der Waals surface area contributed by atoms with Crippen molar-refractivity contribution in [2.24, 2.45) is 0 Å². The number of methoxy groups -OCH3 is 3. The van der Waals surface area contributed by atoms with E-state index in [4.69, 9.17) is 18.9 Å². The van der Waals surface area contributed by atoms with Gasteiger partial charge < -0.3 is 24.1 Å². The molecule has 9 heteroatoms. The standard InChI is InChI=1S/C19H25N3O6/c1-19(2,3)28-18(24)22(12-7-8-15(25-4)14(23)9-12)10-13-16(26-5)20-11-21-17(13)27-6/h7-9,11,23H,10H2,1-6H3. The topological polar surface area (TPSA) is 103 Å². The highest BCUT2D eigenvalue weighted by atomic mass is 16.6. The smallest absolute Gasteiger partial charge is 0.415 e. The van der Waals surface area contributed by atoms with Gasteiger partial charge in [-0.05, 0) is 32.9 Å².